The van der Waals surface area contributed by atoms with Crippen LogP contribution in [0.3, 0.4) is 0 Å². The smallest absolute Gasteiger partial charge is 0.257 e. The molecule has 0 radical (unpaired) electrons. The van der Waals surface area contributed by atoms with E-state index >= 15 is 0 Å². The quantitative estimate of drug-likeness (QED) is 0.791. The van der Waals surface area contributed by atoms with E-state index in [1.807, 2.05) is 6.92 Å². The zero-order valence-electron chi connectivity index (χ0n) is 9.70. The van der Waals surface area contributed by atoms with Crippen LogP contribution in [-0.2, 0) is 0 Å². The number of aromatic nitrogens is 3. The third kappa shape index (κ3) is 2.78. The molecular weight excluding hydrogens is 254 g/mol. The van der Waals surface area contributed by atoms with E-state index in [4.69, 9.17) is 11.6 Å². The molecule has 0 unspecified atom stereocenters. The molecule has 7 heteroatoms. The lowest BCUT2D eigenvalue weighted by Crippen LogP contribution is -2.12. The molecule has 0 atom stereocenters. The van der Waals surface area contributed by atoms with E-state index in [-0.39, 0.29) is 5.91 Å². The van der Waals surface area contributed by atoms with Crippen LogP contribution >= 0.6 is 11.6 Å². The van der Waals surface area contributed by atoms with E-state index in [1.165, 1.54) is 12.4 Å². The highest BCUT2D eigenvalue weighted by Crippen LogP contribution is 2.20. The molecule has 1 amide bonds. The summed E-state index contributed by atoms with van der Waals surface area (Å²) in [4.78, 5) is 16.0. The number of pyridine rings is 1. The van der Waals surface area contributed by atoms with Gasteiger partial charge < -0.3 is 10.6 Å². The van der Waals surface area contributed by atoms with Crippen molar-refractivity contribution in [3.63, 3.8) is 0 Å². The predicted octanol–water partition coefficient (Wildman–Crippen LogP) is 2.14. The molecule has 2 rings (SSSR count). The van der Waals surface area contributed by atoms with Gasteiger partial charge in [0.25, 0.3) is 5.91 Å². The molecule has 6 nitrogen and oxygen atoms in total. The first-order chi connectivity index (χ1) is 8.70. The zero-order chi connectivity index (χ0) is 13.0. The molecule has 2 aromatic heterocycles. The van der Waals surface area contributed by atoms with E-state index < -0.39 is 0 Å². The van der Waals surface area contributed by atoms with Crippen molar-refractivity contribution in [1.82, 2.24) is 15.2 Å². The van der Waals surface area contributed by atoms with Gasteiger partial charge in [-0.1, -0.05) is 11.6 Å². The van der Waals surface area contributed by atoms with Crippen LogP contribution in [0.25, 0.3) is 0 Å². The molecule has 0 aliphatic carbocycles. The van der Waals surface area contributed by atoms with Gasteiger partial charge in [-0.05, 0) is 13.0 Å². The second-order valence-corrected chi connectivity index (χ2v) is 3.93. The maximum Gasteiger partial charge on any atom is 0.257 e. The van der Waals surface area contributed by atoms with Gasteiger partial charge in [-0.15, -0.1) is 0 Å². The second kappa shape index (κ2) is 5.50. The summed E-state index contributed by atoms with van der Waals surface area (Å²) in [6.45, 7) is 2.66. The van der Waals surface area contributed by atoms with E-state index in [9.17, 15) is 4.79 Å². The molecule has 18 heavy (non-hydrogen) atoms. The molecule has 0 aliphatic heterocycles. The van der Waals surface area contributed by atoms with Gasteiger partial charge in [0, 0.05) is 18.9 Å². The number of nitrogens with zero attached hydrogens (tertiary/aromatic N) is 2. The minimum Gasteiger partial charge on any atom is -0.369 e. The van der Waals surface area contributed by atoms with Crippen molar-refractivity contribution in [2.24, 2.45) is 0 Å². The summed E-state index contributed by atoms with van der Waals surface area (Å²) in [5.41, 5.74) is 0.981. The Labute approximate surface area is 109 Å². The molecule has 0 aliphatic rings. The summed E-state index contributed by atoms with van der Waals surface area (Å²) >= 11 is 6.01. The number of aromatic amines is 1. The molecule has 0 fully saturated rings. The average molecular weight is 266 g/mol. The van der Waals surface area contributed by atoms with Crippen molar-refractivity contribution < 1.29 is 4.79 Å². The van der Waals surface area contributed by atoms with E-state index in [1.54, 1.807) is 12.3 Å². The van der Waals surface area contributed by atoms with Crippen LogP contribution in [0.2, 0.25) is 5.02 Å². The lowest BCUT2D eigenvalue weighted by Gasteiger charge is -2.07. The van der Waals surface area contributed by atoms with Crippen molar-refractivity contribution >= 4 is 29.0 Å². The summed E-state index contributed by atoms with van der Waals surface area (Å²) in [6.07, 6.45) is 4.57. The third-order valence-corrected chi connectivity index (χ3v) is 2.49. The molecule has 0 saturated carbocycles. The number of carbonyl (C=O) groups excluding carboxylic acids is 1. The van der Waals surface area contributed by atoms with Crippen LogP contribution in [0.4, 0.5) is 11.5 Å². The maximum atomic E-state index is 11.9. The number of H-pyrrole nitrogens is 1. The van der Waals surface area contributed by atoms with Gasteiger partial charge in [0.15, 0.2) is 0 Å². The van der Waals surface area contributed by atoms with Gasteiger partial charge in [0.1, 0.15) is 5.82 Å². The Kier molecular flexibility index (Phi) is 3.78. The van der Waals surface area contributed by atoms with Crippen molar-refractivity contribution in [3.8, 4) is 0 Å². The predicted molar refractivity (Wildman–Crippen MR) is 70.0 cm³/mol. The highest BCUT2D eigenvalue weighted by molar-refractivity contribution is 6.33. The molecular formula is C11H12ClN5O. The number of nitrogens with one attached hydrogen (secondary N) is 3. The standard InChI is InChI=1S/C11H12ClN5O/c1-2-13-10-9(12)3-7(4-14-10)11(18)17-8-5-15-16-6-8/h3-6H,2H2,1H3,(H,13,14)(H,15,16)(H,17,18). The van der Waals surface area contributed by atoms with Crippen molar-refractivity contribution in [2.75, 3.05) is 17.2 Å². The Hall–Kier alpha value is -2.08. The number of amides is 1. The Morgan fingerprint density at radius 3 is 2.94 bits per heavy atom. The highest BCUT2D eigenvalue weighted by atomic mass is 35.5. The van der Waals surface area contributed by atoms with Crippen LogP contribution < -0.4 is 10.6 Å². The fourth-order valence-electron chi connectivity index (χ4n) is 1.38. The Balaban J connectivity index is 2.13. The number of hydrogen-bond donors (Lipinski definition) is 3. The normalized spacial score (nSPS) is 10.1. The van der Waals surface area contributed by atoms with Crippen LogP contribution in [0.15, 0.2) is 24.7 Å². The van der Waals surface area contributed by atoms with Gasteiger partial charge >= 0.3 is 0 Å². The highest BCUT2D eigenvalue weighted by Gasteiger charge is 2.10. The van der Waals surface area contributed by atoms with Crippen LogP contribution in [-0.4, -0.2) is 27.6 Å². The summed E-state index contributed by atoms with van der Waals surface area (Å²) in [7, 11) is 0. The SMILES string of the molecule is CCNc1ncc(C(=O)Nc2cn[nH]c2)cc1Cl. The molecule has 0 aromatic carbocycles. The molecule has 0 spiro atoms. The van der Waals surface area contributed by atoms with E-state index in [0.717, 1.165) is 0 Å². The lowest BCUT2D eigenvalue weighted by atomic mass is 10.2. The van der Waals surface area contributed by atoms with E-state index in [0.29, 0.717) is 28.6 Å². The Morgan fingerprint density at radius 1 is 1.50 bits per heavy atom. The molecule has 3 N–H and O–H groups in total. The van der Waals surface area contributed by atoms with Crippen LogP contribution in [0.1, 0.15) is 17.3 Å². The molecule has 0 bridgehead atoms. The lowest BCUT2D eigenvalue weighted by molar-refractivity contribution is 0.102. The summed E-state index contributed by atoms with van der Waals surface area (Å²) in [6, 6.07) is 1.57. The molecule has 0 saturated heterocycles. The largest absolute Gasteiger partial charge is 0.369 e. The number of halogens is 1. The second-order valence-electron chi connectivity index (χ2n) is 3.53. The van der Waals surface area contributed by atoms with Gasteiger partial charge in [0.2, 0.25) is 0 Å². The zero-order valence-corrected chi connectivity index (χ0v) is 10.5. The third-order valence-electron chi connectivity index (χ3n) is 2.20. The van der Waals surface area contributed by atoms with Crippen LogP contribution in [0.5, 0.6) is 0 Å². The van der Waals surface area contributed by atoms with Gasteiger partial charge in [-0.2, -0.15) is 5.10 Å². The minimum atomic E-state index is -0.283. The van der Waals surface area contributed by atoms with Crippen molar-refractivity contribution in [3.05, 3.63) is 35.2 Å². The summed E-state index contributed by atoms with van der Waals surface area (Å²) in [5, 5.41) is 12.4. The maximum absolute atomic E-state index is 11.9. The average Bonchev–Trinajstić information content (AvgIpc) is 2.84. The fraction of sp³-hybridized carbons (Fsp3) is 0.182. The first kappa shape index (κ1) is 12.4. The van der Waals surface area contributed by atoms with Crippen molar-refractivity contribution in [1.29, 1.82) is 0 Å². The molecule has 94 valence electrons. The summed E-state index contributed by atoms with van der Waals surface area (Å²) < 4.78 is 0. The van der Waals surface area contributed by atoms with E-state index in [2.05, 4.69) is 25.8 Å². The number of carbonyl (C=O) groups is 1. The monoisotopic (exact) mass is 265 g/mol. The fourth-order valence-corrected chi connectivity index (χ4v) is 1.62. The first-order valence-corrected chi connectivity index (χ1v) is 5.78. The Bertz CT molecular complexity index is 540. The Morgan fingerprint density at radius 2 is 2.33 bits per heavy atom. The number of anilines is 2. The van der Waals surface area contributed by atoms with Crippen molar-refractivity contribution in [2.45, 2.75) is 6.92 Å². The van der Waals surface area contributed by atoms with Gasteiger partial charge in [-0.25, -0.2) is 4.98 Å². The molecule has 2 heterocycles. The number of rotatable bonds is 4. The topological polar surface area (TPSA) is 82.7 Å². The van der Waals surface area contributed by atoms with Gasteiger partial charge in [0.05, 0.1) is 22.5 Å². The van der Waals surface area contributed by atoms with Crippen LogP contribution in [0, 0.1) is 0 Å². The molecule has 2 aromatic rings. The summed E-state index contributed by atoms with van der Waals surface area (Å²) in [5.74, 6) is 0.285. The minimum absolute atomic E-state index is 0.283. The number of hydrogen-bond acceptors (Lipinski definition) is 4. The van der Waals surface area contributed by atoms with Gasteiger partial charge in [-0.3, -0.25) is 9.89 Å². The first-order valence-electron chi connectivity index (χ1n) is 5.40.